The first-order valence-corrected chi connectivity index (χ1v) is 5.76. The lowest BCUT2D eigenvalue weighted by Crippen LogP contribution is -2.49. The summed E-state index contributed by atoms with van der Waals surface area (Å²) in [4.78, 5) is 34.4. The molecule has 1 heterocycles. The fourth-order valence-electron chi connectivity index (χ4n) is 1.77. The summed E-state index contributed by atoms with van der Waals surface area (Å²) in [5.41, 5.74) is 0.765. The average molecular weight is 254 g/mol. The maximum Gasteiger partial charge on any atom is 0.328 e. The Morgan fingerprint density at radius 1 is 1.61 bits per heavy atom. The van der Waals surface area contributed by atoms with E-state index in [1.807, 2.05) is 0 Å². The molecule has 0 aliphatic carbocycles. The van der Waals surface area contributed by atoms with Crippen molar-refractivity contribution in [2.24, 2.45) is 0 Å². The highest BCUT2D eigenvalue weighted by Crippen LogP contribution is 2.09. The largest absolute Gasteiger partial charge is 0.467 e. The molecule has 0 radical (unpaired) electrons. The molecule has 0 aromatic rings. The molecule has 1 fully saturated rings. The Morgan fingerprint density at radius 2 is 2.28 bits per heavy atom. The van der Waals surface area contributed by atoms with Crippen LogP contribution >= 0.6 is 0 Å². The highest BCUT2D eigenvalue weighted by molar-refractivity contribution is 5.93. The van der Waals surface area contributed by atoms with Crippen molar-refractivity contribution >= 4 is 17.8 Å². The number of nitrogens with one attached hydrogen (secondary N) is 2. The normalized spacial score (nSPS) is 19.9. The molecule has 1 aliphatic rings. The van der Waals surface area contributed by atoms with Crippen LogP contribution in [0.2, 0.25) is 0 Å². The molecule has 0 spiro atoms. The van der Waals surface area contributed by atoms with Crippen molar-refractivity contribution in [3.8, 4) is 0 Å². The molecule has 0 aromatic heterocycles. The maximum absolute atomic E-state index is 11.8. The van der Waals surface area contributed by atoms with Crippen molar-refractivity contribution in [3.63, 3.8) is 0 Å². The van der Waals surface area contributed by atoms with Crippen molar-refractivity contribution in [2.75, 3.05) is 7.11 Å². The van der Waals surface area contributed by atoms with E-state index in [1.165, 1.54) is 7.11 Å². The molecule has 0 bridgehead atoms. The second kappa shape index (κ2) is 6.18. The van der Waals surface area contributed by atoms with Gasteiger partial charge in [-0.3, -0.25) is 9.59 Å². The van der Waals surface area contributed by atoms with Crippen molar-refractivity contribution < 1.29 is 19.1 Å². The summed E-state index contributed by atoms with van der Waals surface area (Å²) in [5.74, 6) is -1.03. The molecule has 1 saturated heterocycles. The molecule has 6 heteroatoms. The number of ether oxygens (including phenoxy) is 1. The van der Waals surface area contributed by atoms with Gasteiger partial charge in [-0.15, -0.1) is 6.58 Å². The fraction of sp³-hybridized carbons (Fsp3) is 0.583. The van der Waals surface area contributed by atoms with Gasteiger partial charge in [0, 0.05) is 6.42 Å². The summed E-state index contributed by atoms with van der Waals surface area (Å²) in [7, 11) is 1.26. The predicted molar refractivity (Wildman–Crippen MR) is 64.5 cm³/mol. The molecular weight excluding hydrogens is 236 g/mol. The van der Waals surface area contributed by atoms with Gasteiger partial charge in [0.05, 0.1) is 7.11 Å². The Hall–Kier alpha value is -1.85. The number of rotatable bonds is 5. The molecule has 1 aliphatic heterocycles. The monoisotopic (exact) mass is 254 g/mol. The molecule has 0 aromatic carbocycles. The van der Waals surface area contributed by atoms with E-state index in [9.17, 15) is 14.4 Å². The van der Waals surface area contributed by atoms with Crippen LogP contribution in [0.1, 0.15) is 26.2 Å². The zero-order chi connectivity index (χ0) is 13.7. The van der Waals surface area contributed by atoms with E-state index in [1.54, 1.807) is 6.92 Å². The molecule has 1 rings (SSSR count). The van der Waals surface area contributed by atoms with Gasteiger partial charge >= 0.3 is 5.97 Å². The zero-order valence-electron chi connectivity index (χ0n) is 10.6. The number of hydrogen-bond acceptors (Lipinski definition) is 4. The molecule has 6 nitrogen and oxygen atoms in total. The van der Waals surface area contributed by atoms with E-state index in [0.29, 0.717) is 19.3 Å². The summed E-state index contributed by atoms with van der Waals surface area (Å²) in [6.45, 7) is 5.46. The van der Waals surface area contributed by atoms with E-state index < -0.39 is 18.1 Å². The Bertz CT molecular complexity index is 378. The summed E-state index contributed by atoms with van der Waals surface area (Å²) in [6.07, 6.45) is 1.10. The van der Waals surface area contributed by atoms with E-state index in [0.717, 1.165) is 5.57 Å². The van der Waals surface area contributed by atoms with Crippen LogP contribution in [0.4, 0.5) is 0 Å². The number of methoxy groups -OCH3 is 1. The topological polar surface area (TPSA) is 84.5 Å². The van der Waals surface area contributed by atoms with Crippen molar-refractivity contribution in [3.05, 3.63) is 12.2 Å². The van der Waals surface area contributed by atoms with Gasteiger partial charge in [-0.05, 0) is 19.8 Å². The number of hydrogen-bond donors (Lipinski definition) is 2. The third-order valence-corrected chi connectivity index (χ3v) is 2.67. The molecule has 100 valence electrons. The van der Waals surface area contributed by atoms with Crippen molar-refractivity contribution in [1.82, 2.24) is 10.6 Å². The number of amides is 2. The van der Waals surface area contributed by atoms with Gasteiger partial charge in [0.2, 0.25) is 11.8 Å². The first kappa shape index (κ1) is 14.2. The van der Waals surface area contributed by atoms with Crippen LogP contribution in [0.25, 0.3) is 0 Å². The highest BCUT2D eigenvalue weighted by Gasteiger charge is 2.30. The lowest BCUT2D eigenvalue weighted by atomic mass is 10.1. The molecule has 2 amide bonds. The molecule has 18 heavy (non-hydrogen) atoms. The minimum atomic E-state index is -0.752. The van der Waals surface area contributed by atoms with Gasteiger partial charge in [-0.2, -0.15) is 0 Å². The van der Waals surface area contributed by atoms with Gasteiger partial charge in [0.25, 0.3) is 0 Å². The van der Waals surface area contributed by atoms with Gasteiger partial charge in [0.1, 0.15) is 12.1 Å². The number of carbonyl (C=O) groups is 3. The van der Waals surface area contributed by atoms with Gasteiger partial charge in [-0.25, -0.2) is 4.79 Å². The van der Waals surface area contributed by atoms with Crippen molar-refractivity contribution in [1.29, 1.82) is 0 Å². The van der Waals surface area contributed by atoms with E-state index in [-0.39, 0.29) is 11.8 Å². The van der Waals surface area contributed by atoms with Gasteiger partial charge in [-0.1, -0.05) is 5.57 Å². The van der Waals surface area contributed by atoms with Crippen LogP contribution < -0.4 is 10.6 Å². The fourth-order valence-corrected chi connectivity index (χ4v) is 1.77. The third-order valence-electron chi connectivity index (χ3n) is 2.67. The lowest BCUT2D eigenvalue weighted by molar-refractivity contribution is -0.145. The van der Waals surface area contributed by atoms with Crippen LogP contribution in [-0.2, 0) is 19.1 Å². The van der Waals surface area contributed by atoms with E-state index in [4.69, 9.17) is 0 Å². The van der Waals surface area contributed by atoms with Gasteiger partial charge in [0.15, 0.2) is 0 Å². The first-order valence-electron chi connectivity index (χ1n) is 5.76. The average Bonchev–Trinajstić information content (AvgIpc) is 2.73. The third kappa shape index (κ3) is 3.87. The first-order chi connectivity index (χ1) is 8.43. The maximum atomic E-state index is 11.8. The van der Waals surface area contributed by atoms with Crippen LogP contribution in [0.3, 0.4) is 0 Å². The summed E-state index contributed by atoms with van der Waals surface area (Å²) in [6, 6.07) is -1.31. The van der Waals surface area contributed by atoms with E-state index in [2.05, 4.69) is 21.9 Å². The quantitative estimate of drug-likeness (QED) is 0.529. The SMILES string of the molecule is C=C(C)C[C@H](NC(=O)[C@@H]1CCC(=O)N1)C(=O)OC. The molecular formula is C12H18N2O4. The Balaban J connectivity index is 2.59. The highest BCUT2D eigenvalue weighted by atomic mass is 16.5. The van der Waals surface area contributed by atoms with E-state index >= 15 is 0 Å². The molecule has 0 saturated carbocycles. The van der Waals surface area contributed by atoms with Gasteiger partial charge < -0.3 is 15.4 Å². The number of esters is 1. The lowest BCUT2D eigenvalue weighted by Gasteiger charge is -2.18. The number of carbonyl (C=O) groups excluding carboxylic acids is 3. The predicted octanol–water partition coefficient (Wildman–Crippen LogP) is -0.111. The Kier molecular flexibility index (Phi) is 4.88. The summed E-state index contributed by atoms with van der Waals surface area (Å²) < 4.78 is 4.62. The Morgan fingerprint density at radius 3 is 2.72 bits per heavy atom. The van der Waals surface area contributed by atoms with Crippen molar-refractivity contribution in [2.45, 2.75) is 38.3 Å². The van der Waals surface area contributed by atoms with Crippen LogP contribution in [0.15, 0.2) is 12.2 Å². The minimum Gasteiger partial charge on any atom is -0.467 e. The molecule has 2 N–H and O–H groups in total. The Labute approximate surface area is 106 Å². The molecule has 2 atom stereocenters. The standard InChI is InChI=1S/C12H18N2O4/c1-7(2)6-9(12(17)18-3)14-11(16)8-4-5-10(15)13-8/h8-9H,1,4-6H2,2-3H3,(H,13,15)(H,14,16)/t8-,9-/m0/s1. The summed E-state index contributed by atoms with van der Waals surface area (Å²) in [5, 5.41) is 5.12. The second-order valence-corrected chi connectivity index (χ2v) is 4.40. The zero-order valence-corrected chi connectivity index (χ0v) is 10.6. The minimum absolute atomic E-state index is 0.148. The smallest absolute Gasteiger partial charge is 0.328 e. The van der Waals surface area contributed by atoms with Crippen LogP contribution in [0, 0.1) is 0 Å². The van der Waals surface area contributed by atoms with Crippen LogP contribution in [-0.4, -0.2) is 37.0 Å². The second-order valence-electron chi connectivity index (χ2n) is 4.40. The molecule has 0 unspecified atom stereocenters. The van der Waals surface area contributed by atoms with Crippen LogP contribution in [0.5, 0.6) is 0 Å². The summed E-state index contributed by atoms with van der Waals surface area (Å²) >= 11 is 0.